The lowest BCUT2D eigenvalue weighted by molar-refractivity contribution is 0.104. The first-order valence-electron chi connectivity index (χ1n) is 4.55. The van der Waals surface area contributed by atoms with Gasteiger partial charge in [-0.05, 0) is 38.0 Å². The Balaban J connectivity index is 3.03. The first-order chi connectivity index (χ1) is 6.32. The van der Waals surface area contributed by atoms with Crippen molar-refractivity contribution in [1.82, 2.24) is 0 Å². The van der Waals surface area contributed by atoms with Crippen molar-refractivity contribution in [2.24, 2.45) is 5.73 Å². The number of aliphatic hydroxyl groups is 1. The summed E-state index contributed by atoms with van der Waals surface area (Å²) in [5, 5.41) is 9.78. The van der Waals surface area contributed by atoms with Gasteiger partial charge in [0.15, 0.2) is 0 Å². The van der Waals surface area contributed by atoms with Crippen molar-refractivity contribution < 1.29 is 9.50 Å². The molecule has 0 aliphatic carbocycles. The molecule has 0 aliphatic heterocycles. The lowest BCUT2D eigenvalue weighted by Gasteiger charge is -2.26. The molecule has 0 aliphatic rings. The highest BCUT2D eigenvalue weighted by molar-refractivity contribution is 5.26. The van der Waals surface area contributed by atoms with E-state index >= 15 is 0 Å². The van der Waals surface area contributed by atoms with E-state index in [9.17, 15) is 9.50 Å². The Morgan fingerprint density at radius 1 is 1.43 bits per heavy atom. The summed E-state index contributed by atoms with van der Waals surface area (Å²) in [6.07, 6.45) is -0.849. The molecule has 1 unspecified atom stereocenters. The molecular formula is C11H16FNO. The topological polar surface area (TPSA) is 46.2 Å². The highest BCUT2D eigenvalue weighted by Crippen LogP contribution is 2.24. The van der Waals surface area contributed by atoms with Gasteiger partial charge in [0.1, 0.15) is 5.82 Å². The summed E-state index contributed by atoms with van der Waals surface area (Å²) in [5.41, 5.74) is 6.04. The Hall–Kier alpha value is -0.930. The van der Waals surface area contributed by atoms with E-state index in [1.54, 1.807) is 32.9 Å². The molecule has 14 heavy (non-hydrogen) atoms. The highest BCUT2D eigenvalue weighted by atomic mass is 19.1. The Morgan fingerprint density at radius 2 is 2.00 bits per heavy atom. The number of hydrogen-bond acceptors (Lipinski definition) is 2. The maximum atomic E-state index is 13.2. The Morgan fingerprint density at radius 3 is 2.43 bits per heavy atom. The van der Waals surface area contributed by atoms with Crippen LogP contribution < -0.4 is 5.73 Å². The normalized spacial score (nSPS) is 14.1. The van der Waals surface area contributed by atoms with E-state index in [-0.39, 0.29) is 5.82 Å². The molecule has 0 saturated heterocycles. The molecule has 78 valence electrons. The van der Waals surface area contributed by atoms with Crippen LogP contribution in [0.4, 0.5) is 4.39 Å². The third kappa shape index (κ3) is 2.30. The molecule has 0 fully saturated rings. The van der Waals surface area contributed by atoms with E-state index in [0.717, 1.165) is 0 Å². The predicted octanol–water partition coefficient (Wildman–Crippen LogP) is 1.90. The fraction of sp³-hybridized carbons (Fsp3) is 0.455. The maximum Gasteiger partial charge on any atom is 0.126 e. The zero-order chi connectivity index (χ0) is 10.9. The first kappa shape index (κ1) is 11.1. The molecule has 0 spiro atoms. The standard InChI is InChI=1S/C11H16FNO/c1-7-4-5-8(6-9(7)12)10(14)11(2,3)13/h4-6,10,14H,13H2,1-3H3. The van der Waals surface area contributed by atoms with Crippen LogP contribution in [-0.4, -0.2) is 10.6 Å². The summed E-state index contributed by atoms with van der Waals surface area (Å²) in [5.74, 6) is -0.314. The zero-order valence-electron chi connectivity index (χ0n) is 8.71. The van der Waals surface area contributed by atoms with Gasteiger partial charge in [0.25, 0.3) is 0 Å². The van der Waals surface area contributed by atoms with Gasteiger partial charge in [-0.25, -0.2) is 4.39 Å². The second kappa shape index (κ2) is 3.67. The summed E-state index contributed by atoms with van der Waals surface area (Å²) in [6.45, 7) is 5.09. The average molecular weight is 197 g/mol. The van der Waals surface area contributed by atoms with Crippen molar-refractivity contribution in [1.29, 1.82) is 0 Å². The molecule has 3 N–H and O–H groups in total. The summed E-state index contributed by atoms with van der Waals surface area (Å²) in [7, 11) is 0. The van der Waals surface area contributed by atoms with Crippen molar-refractivity contribution in [3.05, 3.63) is 35.1 Å². The summed E-state index contributed by atoms with van der Waals surface area (Å²) in [6, 6.07) is 4.66. The lowest BCUT2D eigenvalue weighted by atomic mass is 9.92. The van der Waals surface area contributed by atoms with Crippen molar-refractivity contribution in [3.8, 4) is 0 Å². The largest absolute Gasteiger partial charge is 0.387 e. The number of nitrogens with two attached hydrogens (primary N) is 1. The van der Waals surface area contributed by atoms with Crippen LogP contribution in [0.3, 0.4) is 0 Å². The van der Waals surface area contributed by atoms with Crippen molar-refractivity contribution in [3.63, 3.8) is 0 Å². The van der Waals surface area contributed by atoms with Crippen LogP contribution in [0.5, 0.6) is 0 Å². The van der Waals surface area contributed by atoms with E-state index in [0.29, 0.717) is 11.1 Å². The van der Waals surface area contributed by atoms with Crippen LogP contribution in [0.1, 0.15) is 31.1 Å². The molecule has 0 aromatic heterocycles. The smallest absolute Gasteiger partial charge is 0.126 e. The molecule has 1 rings (SSSR count). The van der Waals surface area contributed by atoms with Gasteiger partial charge in [-0.3, -0.25) is 0 Å². The SMILES string of the molecule is Cc1ccc(C(O)C(C)(C)N)cc1F. The minimum atomic E-state index is -0.849. The Labute approximate surface area is 83.6 Å². The number of aryl methyl sites for hydroxylation is 1. The van der Waals surface area contributed by atoms with Gasteiger partial charge in [-0.2, -0.15) is 0 Å². The van der Waals surface area contributed by atoms with Gasteiger partial charge >= 0.3 is 0 Å². The minimum absolute atomic E-state index is 0.314. The number of aliphatic hydroxyl groups excluding tert-OH is 1. The molecular weight excluding hydrogens is 181 g/mol. The third-order valence-corrected chi connectivity index (χ3v) is 2.22. The summed E-state index contributed by atoms with van der Waals surface area (Å²) in [4.78, 5) is 0. The molecule has 0 saturated carbocycles. The maximum absolute atomic E-state index is 13.2. The van der Waals surface area contributed by atoms with Crippen molar-refractivity contribution >= 4 is 0 Å². The van der Waals surface area contributed by atoms with Gasteiger partial charge in [0, 0.05) is 5.54 Å². The molecule has 3 heteroatoms. The second-order valence-corrected chi connectivity index (χ2v) is 4.23. The first-order valence-corrected chi connectivity index (χ1v) is 4.55. The van der Waals surface area contributed by atoms with Crippen LogP contribution >= 0.6 is 0 Å². The zero-order valence-corrected chi connectivity index (χ0v) is 8.71. The Kier molecular flexibility index (Phi) is 2.92. The van der Waals surface area contributed by atoms with Crippen LogP contribution in [0.2, 0.25) is 0 Å². The second-order valence-electron chi connectivity index (χ2n) is 4.23. The van der Waals surface area contributed by atoms with Gasteiger partial charge in [-0.1, -0.05) is 12.1 Å². The Bertz CT molecular complexity index is 331. The quantitative estimate of drug-likeness (QED) is 0.760. The van der Waals surface area contributed by atoms with E-state index in [4.69, 9.17) is 5.73 Å². The van der Waals surface area contributed by atoms with E-state index < -0.39 is 11.6 Å². The van der Waals surface area contributed by atoms with E-state index in [1.807, 2.05) is 0 Å². The molecule has 2 nitrogen and oxygen atoms in total. The van der Waals surface area contributed by atoms with Crippen LogP contribution in [0, 0.1) is 12.7 Å². The molecule has 0 amide bonds. The highest BCUT2D eigenvalue weighted by Gasteiger charge is 2.24. The van der Waals surface area contributed by atoms with E-state index in [1.165, 1.54) is 6.07 Å². The van der Waals surface area contributed by atoms with Gasteiger partial charge in [0.2, 0.25) is 0 Å². The van der Waals surface area contributed by atoms with Crippen molar-refractivity contribution in [2.75, 3.05) is 0 Å². The third-order valence-electron chi connectivity index (χ3n) is 2.22. The fourth-order valence-electron chi connectivity index (χ4n) is 1.21. The fourth-order valence-corrected chi connectivity index (χ4v) is 1.21. The summed E-state index contributed by atoms with van der Waals surface area (Å²) < 4.78 is 13.2. The molecule has 0 heterocycles. The summed E-state index contributed by atoms with van der Waals surface area (Å²) >= 11 is 0. The number of hydrogen-bond donors (Lipinski definition) is 2. The molecule has 0 bridgehead atoms. The number of benzene rings is 1. The van der Waals surface area contributed by atoms with Crippen LogP contribution in [-0.2, 0) is 0 Å². The van der Waals surface area contributed by atoms with Gasteiger partial charge in [0.05, 0.1) is 6.10 Å². The van der Waals surface area contributed by atoms with Crippen LogP contribution in [0.25, 0.3) is 0 Å². The average Bonchev–Trinajstić information content (AvgIpc) is 2.07. The number of halogens is 1. The number of rotatable bonds is 2. The molecule has 1 aromatic rings. The van der Waals surface area contributed by atoms with E-state index in [2.05, 4.69) is 0 Å². The monoisotopic (exact) mass is 197 g/mol. The van der Waals surface area contributed by atoms with Gasteiger partial charge in [-0.15, -0.1) is 0 Å². The van der Waals surface area contributed by atoms with Crippen LogP contribution in [0.15, 0.2) is 18.2 Å². The minimum Gasteiger partial charge on any atom is -0.387 e. The lowest BCUT2D eigenvalue weighted by Crippen LogP contribution is -2.39. The molecule has 1 aromatic carbocycles. The predicted molar refractivity (Wildman–Crippen MR) is 54.4 cm³/mol. The molecule has 0 radical (unpaired) electrons. The van der Waals surface area contributed by atoms with Crippen molar-refractivity contribution in [2.45, 2.75) is 32.4 Å². The molecule has 1 atom stereocenters. The van der Waals surface area contributed by atoms with Gasteiger partial charge < -0.3 is 10.8 Å².